The van der Waals surface area contributed by atoms with Crippen LogP contribution < -0.4 is 5.32 Å². The fourth-order valence-corrected chi connectivity index (χ4v) is 1.74. The molecule has 2 N–H and O–H groups in total. The number of aromatic nitrogens is 3. The molecule has 0 fully saturated rings. The van der Waals surface area contributed by atoms with E-state index in [2.05, 4.69) is 20.5 Å². The molecule has 2 aromatic heterocycles. The highest BCUT2D eigenvalue weighted by molar-refractivity contribution is 6.08. The zero-order valence-corrected chi connectivity index (χ0v) is 9.42. The number of nitrogens with one attached hydrogen (secondary N) is 2. The van der Waals surface area contributed by atoms with Gasteiger partial charge in [0.2, 0.25) is 0 Å². The molecule has 5 nitrogen and oxygen atoms in total. The molecule has 0 spiro atoms. The second kappa shape index (κ2) is 4.29. The Morgan fingerprint density at radius 2 is 2.00 bits per heavy atom. The molecule has 3 aromatic rings. The molecule has 1 amide bonds. The van der Waals surface area contributed by atoms with E-state index in [9.17, 15) is 4.79 Å². The first-order valence-electron chi connectivity index (χ1n) is 5.49. The van der Waals surface area contributed by atoms with Gasteiger partial charge in [-0.1, -0.05) is 18.2 Å². The number of anilines is 1. The van der Waals surface area contributed by atoms with E-state index >= 15 is 0 Å². The van der Waals surface area contributed by atoms with Crippen LogP contribution in [-0.4, -0.2) is 21.1 Å². The van der Waals surface area contributed by atoms with Crippen molar-refractivity contribution in [3.8, 4) is 0 Å². The Balaban J connectivity index is 1.93. The van der Waals surface area contributed by atoms with Crippen molar-refractivity contribution < 1.29 is 4.79 Å². The van der Waals surface area contributed by atoms with Crippen molar-refractivity contribution in [1.82, 2.24) is 15.2 Å². The van der Waals surface area contributed by atoms with E-state index in [4.69, 9.17) is 0 Å². The Labute approximate surface area is 103 Å². The number of carbonyl (C=O) groups is 1. The maximum absolute atomic E-state index is 12.0. The molecule has 18 heavy (non-hydrogen) atoms. The summed E-state index contributed by atoms with van der Waals surface area (Å²) in [5, 5.41) is 10.3. The van der Waals surface area contributed by atoms with Crippen LogP contribution in [-0.2, 0) is 0 Å². The van der Waals surface area contributed by atoms with Gasteiger partial charge in [0.1, 0.15) is 0 Å². The summed E-state index contributed by atoms with van der Waals surface area (Å²) in [6.45, 7) is 0. The Bertz CT molecular complexity index is 690. The van der Waals surface area contributed by atoms with Crippen LogP contribution >= 0.6 is 0 Å². The highest BCUT2D eigenvalue weighted by Crippen LogP contribution is 2.19. The van der Waals surface area contributed by atoms with Crippen LogP contribution in [0.4, 0.5) is 5.69 Å². The summed E-state index contributed by atoms with van der Waals surface area (Å²) in [6, 6.07) is 10.8. The fraction of sp³-hybridized carbons (Fsp3) is 0. The molecule has 88 valence electrons. The van der Waals surface area contributed by atoms with Gasteiger partial charge < -0.3 is 5.32 Å². The van der Waals surface area contributed by atoms with Crippen LogP contribution in [0.25, 0.3) is 11.0 Å². The van der Waals surface area contributed by atoms with Crippen molar-refractivity contribution in [2.24, 2.45) is 0 Å². The zero-order chi connectivity index (χ0) is 12.4. The third kappa shape index (κ3) is 1.82. The Kier molecular flexibility index (Phi) is 2.49. The molecule has 0 radical (unpaired) electrons. The number of rotatable bonds is 2. The number of H-pyrrole nitrogens is 1. The lowest BCUT2D eigenvalue weighted by Crippen LogP contribution is -2.11. The summed E-state index contributed by atoms with van der Waals surface area (Å²) in [7, 11) is 0. The van der Waals surface area contributed by atoms with Crippen LogP contribution in [0.5, 0.6) is 0 Å². The van der Waals surface area contributed by atoms with Crippen molar-refractivity contribution in [2.75, 3.05) is 5.32 Å². The molecule has 0 unspecified atom stereocenters. The molecule has 3 rings (SSSR count). The van der Waals surface area contributed by atoms with Crippen LogP contribution in [0.3, 0.4) is 0 Å². The topological polar surface area (TPSA) is 70.7 Å². The number of aromatic amines is 1. The largest absolute Gasteiger partial charge is 0.321 e. The Morgan fingerprint density at radius 1 is 1.17 bits per heavy atom. The van der Waals surface area contributed by atoms with E-state index in [-0.39, 0.29) is 5.91 Å². The fourth-order valence-electron chi connectivity index (χ4n) is 1.74. The van der Waals surface area contributed by atoms with Gasteiger partial charge in [-0.2, -0.15) is 5.10 Å². The maximum atomic E-state index is 12.0. The normalized spacial score (nSPS) is 10.4. The summed E-state index contributed by atoms with van der Waals surface area (Å²) in [4.78, 5) is 16.1. The van der Waals surface area contributed by atoms with Crippen molar-refractivity contribution in [2.45, 2.75) is 0 Å². The predicted molar refractivity (Wildman–Crippen MR) is 68.3 cm³/mol. The molecular weight excluding hydrogens is 228 g/mol. The van der Waals surface area contributed by atoms with Crippen LogP contribution in [0.2, 0.25) is 0 Å². The van der Waals surface area contributed by atoms with Gasteiger partial charge in [0, 0.05) is 11.8 Å². The van der Waals surface area contributed by atoms with E-state index in [1.807, 2.05) is 18.2 Å². The number of benzene rings is 1. The van der Waals surface area contributed by atoms with Gasteiger partial charge in [0.15, 0.2) is 5.65 Å². The number of fused-ring (bicyclic) bond motifs is 1. The third-order valence-corrected chi connectivity index (χ3v) is 2.64. The van der Waals surface area contributed by atoms with Crippen LogP contribution in [0, 0.1) is 0 Å². The second-order valence-corrected chi connectivity index (χ2v) is 3.81. The monoisotopic (exact) mass is 238 g/mol. The average Bonchev–Trinajstić information content (AvgIpc) is 2.89. The summed E-state index contributed by atoms with van der Waals surface area (Å²) in [5.41, 5.74) is 1.97. The smallest absolute Gasteiger partial charge is 0.255 e. The second-order valence-electron chi connectivity index (χ2n) is 3.81. The van der Waals surface area contributed by atoms with E-state index in [0.29, 0.717) is 16.9 Å². The first-order valence-corrected chi connectivity index (χ1v) is 5.49. The number of nitrogens with zero attached hydrogens (tertiary/aromatic N) is 2. The SMILES string of the molecule is O=C(Nc1ccnc2[nH]ncc12)c1ccccc1. The lowest BCUT2D eigenvalue weighted by molar-refractivity contribution is 0.102. The molecule has 0 aliphatic carbocycles. The molecule has 5 heteroatoms. The molecular formula is C13H10N4O. The molecule has 0 saturated carbocycles. The van der Waals surface area contributed by atoms with E-state index in [1.54, 1.807) is 30.6 Å². The first-order chi connectivity index (χ1) is 8.84. The van der Waals surface area contributed by atoms with Gasteiger partial charge >= 0.3 is 0 Å². The molecule has 2 heterocycles. The van der Waals surface area contributed by atoms with Gasteiger partial charge in [-0.25, -0.2) is 4.98 Å². The van der Waals surface area contributed by atoms with E-state index < -0.39 is 0 Å². The summed E-state index contributed by atoms with van der Waals surface area (Å²) < 4.78 is 0. The highest BCUT2D eigenvalue weighted by atomic mass is 16.1. The Morgan fingerprint density at radius 3 is 2.83 bits per heavy atom. The molecule has 0 atom stereocenters. The minimum absolute atomic E-state index is 0.149. The van der Waals surface area contributed by atoms with Gasteiger partial charge in [0.25, 0.3) is 5.91 Å². The van der Waals surface area contributed by atoms with Crippen molar-refractivity contribution in [1.29, 1.82) is 0 Å². The highest BCUT2D eigenvalue weighted by Gasteiger charge is 2.08. The lowest BCUT2D eigenvalue weighted by Gasteiger charge is -2.05. The van der Waals surface area contributed by atoms with Crippen molar-refractivity contribution in [3.05, 3.63) is 54.4 Å². The number of hydrogen-bond acceptors (Lipinski definition) is 3. The molecule has 0 saturated heterocycles. The van der Waals surface area contributed by atoms with E-state index in [1.165, 1.54) is 0 Å². The standard InChI is InChI=1S/C13H10N4O/c18-13(9-4-2-1-3-5-9)16-11-6-7-14-12-10(11)8-15-17-12/h1-8H,(H2,14,15,16,17,18). The summed E-state index contributed by atoms with van der Waals surface area (Å²) in [6.07, 6.45) is 3.27. The van der Waals surface area contributed by atoms with Crippen LogP contribution in [0.15, 0.2) is 48.8 Å². The predicted octanol–water partition coefficient (Wildman–Crippen LogP) is 2.21. The molecule has 0 aliphatic rings. The lowest BCUT2D eigenvalue weighted by atomic mass is 10.2. The number of carbonyl (C=O) groups excluding carboxylic acids is 1. The van der Waals surface area contributed by atoms with Crippen LogP contribution in [0.1, 0.15) is 10.4 Å². The van der Waals surface area contributed by atoms with Gasteiger partial charge in [-0.15, -0.1) is 0 Å². The summed E-state index contributed by atoms with van der Waals surface area (Å²) >= 11 is 0. The quantitative estimate of drug-likeness (QED) is 0.719. The van der Waals surface area contributed by atoms with Crippen molar-refractivity contribution in [3.63, 3.8) is 0 Å². The average molecular weight is 238 g/mol. The summed E-state index contributed by atoms with van der Waals surface area (Å²) in [5.74, 6) is -0.149. The first kappa shape index (κ1) is 10.5. The Hall–Kier alpha value is -2.69. The van der Waals surface area contributed by atoms with Gasteiger partial charge in [0.05, 0.1) is 17.3 Å². The molecule has 0 bridgehead atoms. The minimum Gasteiger partial charge on any atom is -0.321 e. The van der Waals surface area contributed by atoms with Gasteiger partial charge in [-0.05, 0) is 18.2 Å². The van der Waals surface area contributed by atoms with Gasteiger partial charge in [-0.3, -0.25) is 9.89 Å². The number of amides is 1. The van der Waals surface area contributed by atoms with E-state index in [0.717, 1.165) is 5.39 Å². The molecule has 0 aliphatic heterocycles. The minimum atomic E-state index is -0.149. The molecule has 1 aromatic carbocycles. The third-order valence-electron chi connectivity index (χ3n) is 2.64. The van der Waals surface area contributed by atoms with Crippen molar-refractivity contribution >= 4 is 22.6 Å². The maximum Gasteiger partial charge on any atom is 0.255 e. The number of pyridine rings is 1. The zero-order valence-electron chi connectivity index (χ0n) is 9.42. The number of hydrogen-bond donors (Lipinski definition) is 2.